The second-order valence-electron chi connectivity index (χ2n) is 4.17. The van der Waals surface area contributed by atoms with Crippen LogP contribution in [0.3, 0.4) is 0 Å². The number of hydrogen-bond donors (Lipinski definition) is 0. The van der Waals surface area contributed by atoms with Gasteiger partial charge in [-0.1, -0.05) is 19.1 Å². The standard InChI is InChI=1S/C14H20O3/c1-5-13(15)14(16-4)11-6-8-12(9-7-11)17-10(2)3/h6-10,14H,5H2,1-4H3. The van der Waals surface area contributed by atoms with E-state index in [1.807, 2.05) is 45.0 Å². The van der Waals surface area contributed by atoms with Gasteiger partial charge < -0.3 is 9.47 Å². The minimum atomic E-state index is -0.465. The van der Waals surface area contributed by atoms with Crippen molar-refractivity contribution in [2.24, 2.45) is 0 Å². The van der Waals surface area contributed by atoms with Crippen LogP contribution in [0.4, 0.5) is 0 Å². The summed E-state index contributed by atoms with van der Waals surface area (Å²) >= 11 is 0. The fourth-order valence-electron chi connectivity index (χ4n) is 1.63. The summed E-state index contributed by atoms with van der Waals surface area (Å²) in [6.45, 7) is 5.80. The maximum absolute atomic E-state index is 11.6. The number of Topliss-reactive ketones (excluding diaryl/α,β-unsaturated/α-hetero) is 1. The molecule has 0 aromatic heterocycles. The lowest BCUT2D eigenvalue weighted by Gasteiger charge is -2.15. The van der Waals surface area contributed by atoms with Crippen molar-refractivity contribution >= 4 is 5.78 Å². The highest BCUT2D eigenvalue weighted by Gasteiger charge is 2.17. The third-order valence-corrected chi connectivity index (χ3v) is 2.43. The van der Waals surface area contributed by atoms with Gasteiger partial charge in [-0.25, -0.2) is 0 Å². The maximum atomic E-state index is 11.6. The van der Waals surface area contributed by atoms with E-state index in [0.29, 0.717) is 6.42 Å². The molecule has 0 N–H and O–H groups in total. The molecule has 0 amide bonds. The van der Waals surface area contributed by atoms with Crippen LogP contribution in [0.2, 0.25) is 0 Å². The molecule has 1 rings (SSSR count). The Hall–Kier alpha value is -1.35. The summed E-state index contributed by atoms with van der Waals surface area (Å²) in [4.78, 5) is 11.6. The van der Waals surface area contributed by atoms with Crippen molar-refractivity contribution in [3.63, 3.8) is 0 Å². The van der Waals surface area contributed by atoms with Crippen LogP contribution in [0.25, 0.3) is 0 Å². The van der Waals surface area contributed by atoms with Crippen LogP contribution >= 0.6 is 0 Å². The fourth-order valence-corrected chi connectivity index (χ4v) is 1.63. The van der Waals surface area contributed by atoms with Crippen molar-refractivity contribution in [3.05, 3.63) is 29.8 Å². The quantitative estimate of drug-likeness (QED) is 0.761. The Kier molecular flexibility index (Phi) is 5.16. The molecule has 1 unspecified atom stereocenters. The molecule has 17 heavy (non-hydrogen) atoms. The Balaban J connectivity index is 2.81. The molecule has 0 radical (unpaired) electrons. The first kappa shape index (κ1) is 13.7. The zero-order chi connectivity index (χ0) is 12.8. The van der Waals surface area contributed by atoms with Crippen molar-refractivity contribution in [1.82, 2.24) is 0 Å². The van der Waals surface area contributed by atoms with Crippen LogP contribution in [0, 0.1) is 0 Å². The monoisotopic (exact) mass is 236 g/mol. The molecule has 1 atom stereocenters. The van der Waals surface area contributed by atoms with Gasteiger partial charge in [0, 0.05) is 13.5 Å². The maximum Gasteiger partial charge on any atom is 0.165 e. The van der Waals surface area contributed by atoms with Gasteiger partial charge in [0.1, 0.15) is 11.9 Å². The Morgan fingerprint density at radius 2 is 1.82 bits per heavy atom. The van der Waals surface area contributed by atoms with E-state index in [1.165, 1.54) is 0 Å². The first-order valence-electron chi connectivity index (χ1n) is 5.90. The third kappa shape index (κ3) is 3.86. The van der Waals surface area contributed by atoms with E-state index in [0.717, 1.165) is 11.3 Å². The molecule has 0 aliphatic carbocycles. The van der Waals surface area contributed by atoms with Gasteiger partial charge in [0.2, 0.25) is 0 Å². The lowest BCUT2D eigenvalue weighted by atomic mass is 10.0. The van der Waals surface area contributed by atoms with Crippen molar-refractivity contribution in [2.75, 3.05) is 7.11 Å². The minimum absolute atomic E-state index is 0.0880. The van der Waals surface area contributed by atoms with E-state index in [9.17, 15) is 4.79 Å². The van der Waals surface area contributed by atoms with Crippen molar-refractivity contribution in [3.8, 4) is 5.75 Å². The average Bonchev–Trinajstić information content (AvgIpc) is 2.31. The molecule has 1 aromatic rings. The summed E-state index contributed by atoms with van der Waals surface area (Å²) in [5, 5.41) is 0. The van der Waals surface area contributed by atoms with Gasteiger partial charge in [-0.2, -0.15) is 0 Å². The molecule has 3 heteroatoms. The normalized spacial score (nSPS) is 12.5. The van der Waals surface area contributed by atoms with Crippen LogP contribution in [-0.2, 0) is 9.53 Å². The molecule has 0 fully saturated rings. The minimum Gasteiger partial charge on any atom is -0.491 e. The van der Waals surface area contributed by atoms with E-state index in [2.05, 4.69) is 0 Å². The molecule has 0 saturated heterocycles. The highest BCUT2D eigenvalue weighted by molar-refractivity contribution is 5.84. The number of rotatable bonds is 6. The lowest BCUT2D eigenvalue weighted by Crippen LogP contribution is -2.13. The van der Waals surface area contributed by atoms with Crippen molar-refractivity contribution in [1.29, 1.82) is 0 Å². The molecule has 0 saturated carbocycles. The number of carbonyl (C=O) groups excluding carboxylic acids is 1. The zero-order valence-electron chi connectivity index (χ0n) is 10.9. The van der Waals surface area contributed by atoms with Crippen LogP contribution in [0.5, 0.6) is 5.75 Å². The molecule has 0 bridgehead atoms. The first-order valence-corrected chi connectivity index (χ1v) is 5.90. The van der Waals surface area contributed by atoms with E-state index in [-0.39, 0.29) is 11.9 Å². The second kappa shape index (κ2) is 6.40. The molecule has 94 valence electrons. The van der Waals surface area contributed by atoms with Gasteiger partial charge in [-0.3, -0.25) is 4.79 Å². The van der Waals surface area contributed by atoms with Crippen LogP contribution in [0.1, 0.15) is 38.9 Å². The van der Waals surface area contributed by atoms with Gasteiger partial charge in [0.05, 0.1) is 6.10 Å². The van der Waals surface area contributed by atoms with E-state index >= 15 is 0 Å². The molecule has 0 spiro atoms. The summed E-state index contributed by atoms with van der Waals surface area (Å²) in [5.41, 5.74) is 0.871. The van der Waals surface area contributed by atoms with E-state index in [1.54, 1.807) is 7.11 Å². The summed E-state index contributed by atoms with van der Waals surface area (Å²) in [6, 6.07) is 7.48. The third-order valence-electron chi connectivity index (χ3n) is 2.43. The van der Waals surface area contributed by atoms with Crippen molar-refractivity contribution < 1.29 is 14.3 Å². The number of hydrogen-bond acceptors (Lipinski definition) is 3. The van der Waals surface area contributed by atoms with Crippen LogP contribution in [0.15, 0.2) is 24.3 Å². The number of benzene rings is 1. The van der Waals surface area contributed by atoms with Gasteiger partial charge in [0.15, 0.2) is 5.78 Å². The molecule has 3 nitrogen and oxygen atoms in total. The van der Waals surface area contributed by atoms with Gasteiger partial charge >= 0.3 is 0 Å². The smallest absolute Gasteiger partial charge is 0.165 e. The number of ether oxygens (including phenoxy) is 2. The van der Waals surface area contributed by atoms with Crippen LogP contribution in [-0.4, -0.2) is 19.0 Å². The highest BCUT2D eigenvalue weighted by Crippen LogP contribution is 2.22. The Morgan fingerprint density at radius 1 is 1.24 bits per heavy atom. The summed E-state index contributed by atoms with van der Waals surface area (Å²) in [7, 11) is 1.55. The molecule has 0 aliphatic heterocycles. The van der Waals surface area contributed by atoms with Gasteiger partial charge in [-0.05, 0) is 31.5 Å². The molecule has 1 aromatic carbocycles. The molecular formula is C14H20O3. The van der Waals surface area contributed by atoms with Crippen LogP contribution < -0.4 is 4.74 Å². The first-order chi connectivity index (χ1) is 8.08. The molecule has 0 aliphatic rings. The molecule has 0 heterocycles. The second-order valence-corrected chi connectivity index (χ2v) is 4.17. The largest absolute Gasteiger partial charge is 0.491 e. The summed E-state index contributed by atoms with van der Waals surface area (Å²) in [5.74, 6) is 0.896. The summed E-state index contributed by atoms with van der Waals surface area (Å²) < 4.78 is 10.8. The Bertz CT molecular complexity index is 354. The zero-order valence-corrected chi connectivity index (χ0v) is 10.9. The van der Waals surface area contributed by atoms with E-state index < -0.39 is 6.10 Å². The van der Waals surface area contributed by atoms with Crippen molar-refractivity contribution in [2.45, 2.75) is 39.4 Å². The number of ketones is 1. The number of methoxy groups -OCH3 is 1. The predicted octanol–water partition coefficient (Wildman–Crippen LogP) is 3.14. The molecular weight excluding hydrogens is 216 g/mol. The summed E-state index contributed by atoms with van der Waals surface area (Å²) in [6.07, 6.45) is 0.160. The highest BCUT2D eigenvalue weighted by atomic mass is 16.5. The fraction of sp³-hybridized carbons (Fsp3) is 0.500. The predicted molar refractivity (Wildman–Crippen MR) is 67.3 cm³/mol. The average molecular weight is 236 g/mol. The Labute approximate surface area is 103 Å². The SMILES string of the molecule is CCC(=O)C(OC)c1ccc(OC(C)C)cc1. The lowest BCUT2D eigenvalue weighted by molar-refractivity contribution is -0.128. The topological polar surface area (TPSA) is 35.5 Å². The van der Waals surface area contributed by atoms with E-state index in [4.69, 9.17) is 9.47 Å². The van der Waals surface area contributed by atoms with Gasteiger partial charge in [-0.15, -0.1) is 0 Å². The number of carbonyl (C=O) groups is 1. The Morgan fingerprint density at radius 3 is 2.24 bits per heavy atom. The van der Waals surface area contributed by atoms with Gasteiger partial charge in [0.25, 0.3) is 0 Å².